The Bertz CT molecular complexity index is 1550. The molecule has 3 aromatic carbocycles. The first-order valence-corrected chi connectivity index (χ1v) is 12.7. The fourth-order valence-corrected chi connectivity index (χ4v) is 5.21. The minimum absolute atomic E-state index is 0.0105. The Labute approximate surface area is 229 Å². The lowest BCUT2D eigenvalue weighted by Crippen LogP contribution is -2.31. The first-order valence-electron chi connectivity index (χ1n) is 12.4. The monoisotopic (exact) mass is 542 g/mol. The predicted octanol–water partition coefficient (Wildman–Crippen LogP) is 6.99. The Morgan fingerprint density at radius 3 is 2.36 bits per heavy atom. The molecular weight excluding hydrogens is 520 g/mol. The Kier molecular flexibility index (Phi) is 7.33. The van der Waals surface area contributed by atoms with Gasteiger partial charge >= 0.3 is 0 Å². The zero-order chi connectivity index (χ0) is 27.5. The molecule has 39 heavy (non-hydrogen) atoms. The number of hydrazone groups is 1. The van der Waals surface area contributed by atoms with Crippen LogP contribution >= 0.6 is 11.6 Å². The number of hydrogen-bond acceptors (Lipinski definition) is 6. The molecule has 0 saturated heterocycles. The fourth-order valence-electron chi connectivity index (χ4n) is 5.09. The van der Waals surface area contributed by atoms with E-state index in [1.54, 1.807) is 54.6 Å². The van der Waals surface area contributed by atoms with Crippen molar-refractivity contribution in [1.82, 2.24) is 5.01 Å². The van der Waals surface area contributed by atoms with E-state index >= 15 is 0 Å². The number of carbonyl (C=O) groups excluding carboxylic acids is 1. The predicted molar refractivity (Wildman–Crippen MR) is 149 cm³/mol. The number of amides is 1. The lowest BCUT2D eigenvalue weighted by atomic mass is 9.77. The van der Waals surface area contributed by atoms with Crippen LogP contribution in [0.2, 0.25) is 5.02 Å². The average Bonchev–Trinajstić information content (AvgIpc) is 3.33. The van der Waals surface area contributed by atoms with Gasteiger partial charge in [0, 0.05) is 41.3 Å². The molecular formula is C29H23ClN4O5. The second kappa shape index (κ2) is 11.0. The van der Waals surface area contributed by atoms with Gasteiger partial charge in [0.05, 0.1) is 21.6 Å². The third-order valence-corrected chi connectivity index (χ3v) is 7.11. The van der Waals surface area contributed by atoms with Crippen LogP contribution in [0.5, 0.6) is 0 Å². The molecule has 9 nitrogen and oxygen atoms in total. The number of rotatable bonds is 6. The standard InChI is InChI=1S/C29H23ClN4O5/c30-23-13-10-19(11-14-23)12-15-27(35)32-29(22-6-2-8-25(18-22)34(38)39)26-9-3-5-21(28(26)31-32)16-20-4-1-7-24(17-20)33(36)37/h1-2,4,6-8,10-18,26,29H,3,5,9H2/b15-12+,21-16+/t26-,29+/m1/s1. The average molecular weight is 543 g/mol. The normalized spacial score (nSPS) is 19.7. The largest absolute Gasteiger partial charge is 0.270 e. The van der Waals surface area contributed by atoms with Crippen LogP contribution in [0.1, 0.15) is 42.0 Å². The summed E-state index contributed by atoms with van der Waals surface area (Å²) in [6.07, 6.45) is 7.23. The molecule has 1 fully saturated rings. The molecule has 3 aromatic rings. The molecule has 5 rings (SSSR count). The molecule has 0 bridgehead atoms. The van der Waals surface area contributed by atoms with Crippen molar-refractivity contribution >= 4 is 46.7 Å². The van der Waals surface area contributed by atoms with Crippen molar-refractivity contribution in [2.75, 3.05) is 0 Å². The van der Waals surface area contributed by atoms with E-state index in [2.05, 4.69) is 0 Å². The molecule has 0 aromatic heterocycles. The summed E-state index contributed by atoms with van der Waals surface area (Å²) in [6, 6.07) is 19.2. The first kappa shape index (κ1) is 26.0. The molecule has 0 radical (unpaired) electrons. The van der Waals surface area contributed by atoms with Crippen LogP contribution in [-0.4, -0.2) is 26.5 Å². The van der Waals surface area contributed by atoms with Crippen molar-refractivity contribution in [3.05, 3.63) is 126 Å². The molecule has 10 heteroatoms. The van der Waals surface area contributed by atoms with E-state index in [1.165, 1.54) is 35.4 Å². The Morgan fingerprint density at radius 2 is 1.64 bits per heavy atom. The SMILES string of the molecule is O=C(/C=C/c1ccc(Cl)cc1)N1N=C2/C(=C/c3cccc([N+](=O)[O-])c3)CCC[C@H]2[C@@H]1c1cccc([N+](=O)[O-])c1. The second-order valence-electron chi connectivity index (χ2n) is 9.37. The molecule has 0 N–H and O–H groups in total. The van der Waals surface area contributed by atoms with Crippen molar-refractivity contribution < 1.29 is 14.6 Å². The molecule has 2 atom stereocenters. The van der Waals surface area contributed by atoms with E-state index in [0.717, 1.165) is 29.7 Å². The number of allylic oxidation sites excluding steroid dienone is 1. The molecule has 1 heterocycles. The van der Waals surface area contributed by atoms with Gasteiger partial charge in [0.15, 0.2) is 0 Å². The molecule has 1 amide bonds. The van der Waals surface area contributed by atoms with Gasteiger partial charge in [-0.05, 0) is 65.8 Å². The summed E-state index contributed by atoms with van der Waals surface area (Å²) < 4.78 is 0. The quantitative estimate of drug-likeness (QED) is 0.189. The smallest absolute Gasteiger partial charge is 0.268 e. The third-order valence-electron chi connectivity index (χ3n) is 6.86. The van der Waals surface area contributed by atoms with Crippen molar-refractivity contribution in [1.29, 1.82) is 0 Å². The topological polar surface area (TPSA) is 119 Å². The van der Waals surface area contributed by atoms with Gasteiger partial charge in [-0.2, -0.15) is 5.10 Å². The zero-order valence-corrected chi connectivity index (χ0v) is 21.4. The highest BCUT2D eigenvalue weighted by atomic mass is 35.5. The Morgan fingerprint density at radius 1 is 0.949 bits per heavy atom. The highest BCUT2D eigenvalue weighted by molar-refractivity contribution is 6.30. The number of halogens is 1. The van der Waals surface area contributed by atoms with Gasteiger partial charge in [-0.1, -0.05) is 48.0 Å². The maximum Gasteiger partial charge on any atom is 0.270 e. The van der Waals surface area contributed by atoms with E-state index in [4.69, 9.17) is 16.7 Å². The highest BCUT2D eigenvalue weighted by Gasteiger charge is 2.43. The number of nitrogens with zero attached hydrogens (tertiary/aromatic N) is 4. The van der Waals surface area contributed by atoms with Crippen LogP contribution in [0, 0.1) is 26.1 Å². The van der Waals surface area contributed by atoms with Crippen molar-refractivity contribution in [3.8, 4) is 0 Å². The van der Waals surface area contributed by atoms with Crippen LogP contribution in [0.3, 0.4) is 0 Å². The summed E-state index contributed by atoms with van der Waals surface area (Å²) in [7, 11) is 0. The van der Waals surface area contributed by atoms with Crippen LogP contribution in [0.4, 0.5) is 11.4 Å². The van der Waals surface area contributed by atoms with E-state index < -0.39 is 15.9 Å². The Balaban J connectivity index is 1.54. The summed E-state index contributed by atoms with van der Waals surface area (Å²) >= 11 is 5.96. The van der Waals surface area contributed by atoms with Crippen molar-refractivity contribution in [2.45, 2.75) is 25.3 Å². The van der Waals surface area contributed by atoms with Gasteiger partial charge in [0.1, 0.15) is 0 Å². The number of non-ortho nitro benzene ring substituents is 2. The van der Waals surface area contributed by atoms with Gasteiger partial charge in [-0.15, -0.1) is 0 Å². The van der Waals surface area contributed by atoms with E-state index in [1.807, 2.05) is 6.08 Å². The third kappa shape index (κ3) is 5.63. The minimum Gasteiger partial charge on any atom is -0.268 e. The van der Waals surface area contributed by atoms with E-state index in [0.29, 0.717) is 22.6 Å². The van der Waals surface area contributed by atoms with E-state index in [9.17, 15) is 25.0 Å². The van der Waals surface area contributed by atoms with E-state index in [-0.39, 0.29) is 23.2 Å². The molecule has 1 aliphatic heterocycles. The molecule has 1 aliphatic carbocycles. The maximum absolute atomic E-state index is 13.5. The lowest BCUT2D eigenvalue weighted by Gasteiger charge is -2.29. The number of hydrogen-bond donors (Lipinski definition) is 0. The summed E-state index contributed by atoms with van der Waals surface area (Å²) in [4.78, 5) is 35.4. The van der Waals surface area contributed by atoms with Crippen LogP contribution < -0.4 is 0 Å². The number of nitro benzene ring substituents is 2. The molecule has 0 spiro atoms. The maximum atomic E-state index is 13.5. The highest BCUT2D eigenvalue weighted by Crippen LogP contribution is 2.45. The van der Waals surface area contributed by atoms with Gasteiger partial charge < -0.3 is 0 Å². The number of benzene rings is 3. The lowest BCUT2D eigenvalue weighted by molar-refractivity contribution is -0.385. The van der Waals surface area contributed by atoms with Gasteiger partial charge in [-0.25, -0.2) is 5.01 Å². The van der Waals surface area contributed by atoms with Crippen LogP contribution in [0.25, 0.3) is 12.2 Å². The molecule has 196 valence electrons. The van der Waals surface area contributed by atoms with Crippen molar-refractivity contribution in [2.24, 2.45) is 11.0 Å². The molecule has 2 aliphatic rings. The van der Waals surface area contributed by atoms with Gasteiger partial charge in [0.2, 0.25) is 0 Å². The number of fused-ring (bicyclic) bond motifs is 1. The number of carbonyl (C=O) groups is 1. The second-order valence-corrected chi connectivity index (χ2v) is 9.81. The summed E-state index contributed by atoms with van der Waals surface area (Å²) in [5.74, 6) is -0.545. The zero-order valence-electron chi connectivity index (χ0n) is 20.6. The van der Waals surface area contributed by atoms with Crippen molar-refractivity contribution in [3.63, 3.8) is 0 Å². The van der Waals surface area contributed by atoms with Crippen LogP contribution in [0.15, 0.2) is 89.5 Å². The summed E-state index contributed by atoms with van der Waals surface area (Å²) in [6.45, 7) is 0. The number of nitro groups is 2. The van der Waals surface area contributed by atoms with Gasteiger partial charge in [-0.3, -0.25) is 25.0 Å². The molecule has 0 unspecified atom stereocenters. The Hall–Kier alpha value is -4.63. The molecule has 1 saturated carbocycles. The summed E-state index contributed by atoms with van der Waals surface area (Å²) in [5.41, 5.74) is 3.61. The fraction of sp³-hybridized carbons (Fsp3) is 0.172. The summed E-state index contributed by atoms with van der Waals surface area (Å²) in [5, 5.41) is 29.5. The minimum atomic E-state index is -0.531. The first-order chi connectivity index (χ1) is 18.8. The van der Waals surface area contributed by atoms with Gasteiger partial charge in [0.25, 0.3) is 17.3 Å². The van der Waals surface area contributed by atoms with Crippen LogP contribution in [-0.2, 0) is 4.79 Å².